The minimum atomic E-state index is -0.219. The molecule has 0 saturated heterocycles. The van der Waals surface area contributed by atoms with Crippen molar-refractivity contribution in [3.63, 3.8) is 0 Å². The topological polar surface area (TPSA) is 70.6 Å². The quantitative estimate of drug-likeness (QED) is 0.781. The van der Waals surface area contributed by atoms with Gasteiger partial charge in [-0.15, -0.1) is 0 Å². The molecule has 1 aromatic carbocycles. The number of urea groups is 1. The zero-order valence-corrected chi connectivity index (χ0v) is 12.5. The molecule has 1 saturated carbocycles. The third-order valence-electron chi connectivity index (χ3n) is 4.03. The van der Waals surface area contributed by atoms with E-state index in [2.05, 4.69) is 10.6 Å². The number of para-hydroxylation sites is 1. The minimum absolute atomic E-state index is 0.0540. The molecule has 0 spiro atoms. The van der Waals surface area contributed by atoms with E-state index in [-0.39, 0.29) is 24.6 Å². The number of carbonyl (C=O) groups excluding carboxylic acids is 1. The zero-order valence-electron chi connectivity index (χ0n) is 12.5. The van der Waals surface area contributed by atoms with Gasteiger partial charge < -0.3 is 20.5 Å². The Bertz CT molecular complexity index is 465. The van der Waals surface area contributed by atoms with E-state index >= 15 is 0 Å². The Morgan fingerprint density at radius 1 is 1.33 bits per heavy atom. The molecule has 0 bridgehead atoms. The number of ether oxygens (including phenoxy) is 1. The second kappa shape index (κ2) is 8.00. The highest BCUT2D eigenvalue weighted by molar-refractivity contribution is 5.90. The molecule has 2 rings (SSSR count). The average molecular weight is 292 g/mol. The second-order valence-corrected chi connectivity index (χ2v) is 5.52. The van der Waals surface area contributed by atoms with E-state index < -0.39 is 0 Å². The van der Waals surface area contributed by atoms with Gasteiger partial charge in [0, 0.05) is 36.9 Å². The van der Waals surface area contributed by atoms with Gasteiger partial charge in [0.25, 0.3) is 0 Å². The van der Waals surface area contributed by atoms with Crippen LogP contribution in [0.25, 0.3) is 0 Å². The van der Waals surface area contributed by atoms with Gasteiger partial charge in [0.2, 0.25) is 0 Å². The number of aliphatic hydroxyl groups is 1. The monoisotopic (exact) mass is 292 g/mol. The predicted molar refractivity (Wildman–Crippen MR) is 82.1 cm³/mol. The van der Waals surface area contributed by atoms with Crippen molar-refractivity contribution in [3.05, 3.63) is 29.8 Å². The molecule has 5 heteroatoms. The molecule has 1 aromatic rings. The maximum absolute atomic E-state index is 12.2. The number of benzene rings is 1. The van der Waals surface area contributed by atoms with Crippen LogP contribution >= 0.6 is 0 Å². The summed E-state index contributed by atoms with van der Waals surface area (Å²) in [7, 11) is 1.63. The zero-order chi connectivity index (χ0) is 15.1. The number of nitrogens with one attached hydrogen (secondary N) is 2. The van der Waals surface area contributed by atoms with Crippen LogP contribution in [0.5, 0.6) is 0 Å². The molecule has 2 amide bonds. The Balaban J connectivity index is 1.95. The lowest BCUT2D eigenvalue weighted by atomic mass is 9.85. The van der Waals surface area contributed by atoms with Crippen molar-refractivity contribution in [1.29, 1.82) is 0 Å². The molecule has 0 aliphatic heterocycles. The third-order valence-corrected chi connectivity index (χ3v) is 4.03. The molecule has 3 N–H and O–H groups in total. The van der Waals surface area contributed by atoms with Crippen molar-refractivity contribution in [2.75, 3.05) is 19.0 Å². The van der Waals surface area contributed by atoms with Crippen LogP contribution in [0.2, 0.25) is 0 Å². The number of methoxy groups -OCH3 is 1. The van der Waals surface area contributed by atoms with Gasteiger partial charge in [0.05, 0.1) is 6.61 Å². The van der Waals surface area contributed by atoms with Crippen molar-refractivity contribution >= 4 is 11.7 Å². The number of amides is 2. The lowest BCUT2D eigenvalue weighted by Gasteiger charge is -2.30. The molecular formula is C16H24N2O3. The van der Waals surface area contributed by atoms with Crippen LogP contribution in [0.4, 0.5) is 10.5 Å². The van der Waals surface area contributed by atoms with E-state index in [4.69, 9.17) is 4.74 Å². The van der Waals surface area contributed by atoms with E-state index in [9.17, 15) is 9.90 Å². The first-order valence-electron chi connectivity index (χ1n) is 7.49. The Morgan fingerprint density at radius 2 is 2.10 bits per heavy atom. The summed E-state index contributed by atoms with van der Waals surface area (Å²) in [6.07, 6.45) is 4.13. The smallest absolute Gasteiger partial charge is 0.319 e. The van der Waals surface area contributed by atoms with Crippen LogP contribution in [-0.4, -0.2) is 30.9 Å². The van der Waals surface area contributed by atoms with Crippen LogP contribution in [0.3, 0.4) is 0 Å². The molecular weight excluding hydrogens is 268 g/mol. The summed E-state index contributed by atoms with van der Waals surface area (Å²) < 4.78 is 5.13. The molecule has 5 nitrogen and oxygen atoms in total. The number of carbonyl (C=O) groups is 1. The summed E-state index contributed by atoms with van der Waals surface area (Å²) in [5.74, 6) is 0.165. The van der Waals surface area contributed by atoms with Gasteiger partial charge >= 0.3 is 6.03 Å². The van der Waals surface area contributed by atoms with Crippen LogP contribution in [0.15, 0.2) is 24.3 Å². The Morgan fingerprint density at radius 3 is 2.86 bits per heavy atom. The fraction of sp³-hybridized carbons (Fsp3) is 0.562. The fourth-order valence-electron chi connectivity index (χ4n) is 2.87. The normalized spacial score (nSPS) is 21.8. The molecule has 0 radical (unpaired) electrons. The number of anilines is 1. The number of hydrogen-bond donors (Lipinski definition) is 3. The molecule has 0 heterocycles. The first-order chi connectivity index (χ1) is 10.2. The second-order valence-electron chi connectivity index (χ2n) is 5.52. The minimum Gasteiger partial charge on any atom is -0.396 e. The fourth-order valence-corrected chi connectivity index (χ4v) is 2.87. The summed E-state index contributed by atoms with van der Waals surface area (Å²) in [5.41, 5.74) is 1.70. The van der Waals surface area contributed by atoms with Gasteiger partial charge in [-0.25, -0.2) is 4.79 Å². The lowest BCUT2D eigenvalue weighted by molar-refractivity contribution is 0.156. The van der Waals surface area contributed by atoms with Gasteiger partial charge in [0.15, 0.2) is 0 Å². The van der Waals surface area contributed by atoms with Gasteiger partial charge in [-0.3, -0.25) is 0 Å². The summed E-state index contributed by atoms with van der Waals surface area (Å²) in [6, 6.07) is 7.42. The summed E-state index contributed by atoms with van der Waals surface area (Å²) >= 11 is 0. The van der Waals surface area contributed by atoms with Crippen molar-refractivity contribution in [1.82, 2.24) is 5.32 Å². The SMILES string of the molecule is COCc1ccccc1NC(=O)NC1CCCCC1CO. The van der Waals surface area contributed by atoms with Crippen molar-refractivity contribution in [3.8, 4) is 0 Å². The molecule has 116 valence electrons. The van der Waals surface area contributed by atoms with E-state index in [1.54, 1.807) is 7.11 Å². The number of hydrogen-bond acceptors (Lipinski definition) is 3. The molecule has 1 fully saturated rings. The standard InChI is InChI=1S/C16H24N2O3/c1-21-11-13-7-3-5-9-15(13)18-16(20)17-14-8-4-2-6-12(14)10-19/h3,5,7,9,12,14,19H,2,4,6,8,10-11H2,1H3,(H2,17,18,20). The Hall–Kier alpha value is -1.59. The van der Waals surface area contributed by atoms with E-state index in [0.29, 0.717) is 6.61 Å². The van der Waals surface area contributed by atoms with Crippen molar-refractivity contribution in [2.45, 2.75) is 38.3 Å². The largest absolute Gasteiger partial charge is 0.396 e. The summed E-state index contributed by atoms with van der Waals surface area (Å²) in [6.45, 7) is 0.588. The van der Waals surface area contributed by atoms with E-state index in [0.717, 1.165) is 36.9 Å². The van der Waals surface area contributed by atoms with Gasteiger partial charge in [-0.1, -0.05) is 31.0 Å². The predicted octanol–water partition coefficient (Wildman–Crippen LogP) is 2.51. The Labute approximate surface area is 125 Å². The highest BCUT2D eigenvalue weighted by atomic mass is 16.5. The maximum atomic E-state index is 12.2. The number of rotatable bonds is 5. The van der Waals surface area contributed by atoms with Crippen LogP contribution in [-0.2, 0) is 11.3 Å². The van der Waals surface area contributed by atoms with Crippen molar-refractivity contribution < 1.29 is 14.6 Å². The number of aliphatic hydroxyl groups excluding tert-OH is 1. The average Bonchev–Trinajstić information content (AvgIpc) is 2.50. The van der Waals surface area contributed by atoms with Crippen LogP contribution in [0.1, 0.15) is 31.2 Å². The first-order valence-corrected chi connectivity index (χ1v) is 7.49. The Kier molecular flexibility index (Phi) is 6.02. The highest BCUT2D eigenvalue weighted by Crippen LogP contribution is 2.24. The first kappa shape index (κ1) is 15.8. The van der Waals surface area contributed by atoms with Crippen LogP contribution in [0, 0.1) is 5.92 Å². The van der Waals surface area contributed by atoms with Gasteiger partial charge in [-0.05, 0) is 18.9 Å². The van der Waals surface area contributed by atoms with E-state index in [1.807, 2.05) is 24.3 Å². The van der Waals surface area contributed by atoms with Crippen molar-refractivity contribution in [2.24, 2.45) is 5.92 Å². The molecule has 1 aliphatic carbocycles. The molecule has 0 aromatic heterocycles. The van der Waals surface area contributed by atoms with Crippen LogP contribution < -0.4 is 10.6 Å². The lowest BCUT2D eigenvalue weighted by Crippen LogP contribution is -2.45. The molecule has 1 aliphatic rings. The summed E-state index contributed by atoms with van der Waals surface area (Å²) in [4.78, 5) is 12.2. The molecule has 2 atom stereocenters. The van der Waals surface area contributed by atoms with E-state index in [1.165, 1.54) is 0 Å². The van der Waals surface area contributed by atoms with Gasteiger partial charge in [0.1, 0.15) is 0 Å². The van der Waals surface area contributed by atoms with Gasteiger partial charge in [-0.2, -0.15) is 0 Å². The molecule has 21 heavy (non-hydrogen) atoms. The molecule has 2 unspecified atom stereocenters. The third kappa shape index (κ3) is 4.44. The summed E-state index contributed by atoms with van der Waals surface area (Å²) in [5, 5.41) is 15.3. The maximum Gasteiger partial charge on any atom is 0.319 e. The highest BCUT2D eigenvalue weighted by Gasteiger charge is 2.25.